The monoisotopic (exact) mass is 465 g/mol. The van der Waals surface area contributed by atoms with Crippen LogP contribution in [-0.2, 0) is 6.54 Å². The number of nitrogens with zero attached hydrogens (tertiary/aromatic N) is 6. The number of H-pyrrole nitrogens is 1. The number of carbonyl (C=O) groups excluding carboxylic acids is 1. The van der Waals surface area contributed by atoms with Gasteiger partial charge in [-0.25, -0.2) is 9.78 Å². The fourth-order valence-corrected chi connectivity index (χ4v) is 7.62. The molecule has 2 aromatic rings. The maximum absolute atomic E-state index is 13.0. The van der Waals surface area contributed by atoms with E-state index in [4.69, 9.17) is 4.98 Å². The van der Waals surface area contributed by atoms with Gasteiger partial charge in [-0.1, -0.05) is 0 Å². The zero-order valence-electron chi connectivity index (χ0n) is 19.0. The second kappa shape index (κ2) is 6.56. The molecule has 6 aliphatic rings. The molecule has 3 saturated carbocycles. The molecule has 0 bridgehead atoms. The Morgan fingerprint density at radius 1 is 0.970 bits per heavy atom. The van der Waals surface area contributed by atoms with E-state index in [0.29, 0.717) is 28.6 Å². The second-order valence-electron chi connectivity index (χ2n) is 12.1. The molecule has 8 nitrogen and oxygen atoms in total. The van der Waals surface area contributed by atoms with Gasteiger partial charge >= 0.3 is 6.03 Å². The maximum atomic E-state index is 13.0. The highest BCUT2D eigenvalue weighted by Crippen LogP contribution is 2.56. The number of likely N-dealkylation sites (tertiary alicyclic amines) is 3. The Balaban J connectivity index is 0.784. The normalized spacial score (nSPS) is 27.9. The van der Waals surface area contributed by atoms with E-state index in [-0.39, 0.29) is 6.03 Å². The molecule has 0 radical (unpaired) electrons. The lowest BCUT2D eigenvalue weighted by atomic mass is 9.57. The van der Waals surface area contributed by atoms with Gasteiger partial charge in [-0.05, 0) is 56.1 Å². The molecule has 3 aliphatic carbocycles. The molecule has 9 heteroatoms. The lowest BCUT2D eigenvalue weighted by Crippen LogP contribution is -2.75. The van der Waals surface area contributed by atoms with E-state index in [1.54, 1.807) is 11.5 Å². The lowest BCUT2D eigenvalue weighted by Gasteiger charge is -2.63. The van der Waals surface area contributed by atoms with Crippen molar-refractivity contribution in [2.45, 2.75) is 62.8 Å². The average molecular weight is 466 g/mol. The van der Waals surface area contributed by atoms with Crippen molar-refractivity contribution in [2.75, 3.05) is 39.3 Å². The molecule has 1 N–H and O–H groups in total. The van der Waals surface area contributed by atoms with Gasteiger partial charge in [0.1, 0.15) is 10.8 Å². The fourth-order valence-electron chi connectivity index (χ4n) is 6.86. The fraction of sp³-hybridized carbons (Fsp3) is 0.750. The molecule has 174 valence electrons. The van der Waals surface area contributed by atoms with E-state index in [1.807, 2.05) is 0 Å². The van der Waals surface area contributed by atoms with Crippen LogP contribution in [0.25, 0.3) is 0 Å². The Labute approximate surface area is 197 Å². The number of hydrogen-bond donors (Lipinski definition) is 1. The zero-order chi connectivity index (χ0) is 21.8. The Kier molecular flexibility index (Phi) is 3.84. The van der Waals surface area contributed by atoms with Crippen LogP contribution in [0.1, 0.15) is 78.5 Å². The number of rotatable bonds is 5. The lowest BCUT2D eigenvalue weighted by molar-refractivity contribution is -0.116. The van der Waals surface area contributed by atoms with Crippen LogP contribution in [0.3, 0.4) is 0 Å². The quantitative estimate of drug-likeness (QED) is 0.734. The van der Waals surface area contributed by atoms with Crippen LogP contribution < -0.4 is 0 Å². The first-order chi connectivity index (χ1) is 16.1. The predicted molar refractivity (Wildman–Crippen MR) is 123 cm³/mol. The highest BCUT2D eigenvalue weighted by molar-refractivity contribution is 7.05. The summed E-state index contributed by atoms with van der Waals surface area (Å²) in [6, 6.07) is 2.57. The highest BCUT2D eigenvalue weighted by Gasteiger charge is 2.58. The standard InChI is InChI=1S/C24H31N7OS/c32-22(30-11-23(12-30)6-17(7-23)19-5-18(26-27-19)15-1-2-15)31-13-24(14-31)9-29(10-24)8-20-25-21(28-33-20)16-3-4-16/h5,15-17H,1-4,6-14H2,(H,26,27). The van der Waals surface area contributed by atoms with Crippen LogP contribution in [0.2, 0.25) is 0 Å². The Bertz CT molecular complexity index is 1090. The van der Waals surface area contributed by atoms with E-state index >= 15 is 0 Å². The van der Waals surface area contributed by atoms with Crippen molar-refractivity contribution in [1.82, 2.24) is 34.3 Å². The third-order valence-electron chi connectivity index (χ3n) is 8.96. The summed E-state index contributed by atoms with van der Waals surface area (Å²) >= 11 is 1.57. The highest BCUT2D eigenvalue weighted by atomic mass is 32.1. The van der Waals surface area contributed by atoms with Gasteiger partial charge in [0.05, 0.1) is 12.2 Å². The van der Waals surface area contributed by atoms with Gasteiger partial charge in [0.2, 0.25) is 0 Å². The summed E-state index contributed by atoms with van der Waals surface area (Å²) in [5.41, 5.74) is 3.30. The van der Waals surface area contributed by atoms with Crippen molar-refractivity contribution in [3.05, 3.63) is 28.3 Å². The number of nitrogens with one attached hydrogen (secondary N) is 1. The van der Waals surface area contributed by atoms with Crippen LogP contribution in [0.4, 0.5) is 4.79 Å². The number of hydrogen-bond acceptors (Lipinski definition) is 6. The first-order valence-electron chi connectivity index (χ1n) is 12.7. The molecule has 33 heavy (non-hydrogen) atoms. The van der Waals surface area contributed by atoms with Crippen molar-refractivity contribution in [3.8, 4) is 0 Å². The Morgan fingerprint density at radius 3 is 2.36 bits per heavy atom. The van der Waals surface area contributed by atoms with Crippen LogP contribution in [-0.4, -0.2) is 79.6 Å². The van der Waals surface area contributed by atoms with E-state index in [2.05, 4.69) is 35.3 Å². The van der Waals surface area contributed by atoms with Crippen molar-refractivity contribution >= 4 is 17.6 Å². The van der Waals surface area contributed by atoms with Gasteiger partial charge in [0, 0.05) is 73.5 Å². The summed E-state index contributed by atoms with van der Waals surface area (Å²) in [7, 11) is 0. The smallest absolute Gasteiger partial charge is 0.320 e. The number of aromatic amines is 1. The number of amides is 2. The summed E-state index contributed by atoms with van der Waals surface area (Å²) in [6.07, 6.45) is 7.53. The molecule has 8 rings (SSSR count). The van der Waals surface area contributed by atoms with Gasteiger partial charge in [-0.15, -0.1) is 0 Å². The topological polar surface area (TPSA) is 81.3 Å². The Hall–Kier alpha value is -2.00. The first kappa shape index (κ1) is 19.3. The van der Waals surface area contributed by atoms with Crippen LogP contribution >= 0.6 is 11.5 Å². The van der Waals surface area contributed by atoms with Crippen LogP contribution in [0, 0.1) is 10.8 Å². The van der Waals surface area contributed by atoms with Crippen molar-refractivity contribution < 1.29 is 4.79 Å². The zero-order valence-corrected chi connectivity index (χ0v) is 19.8. The molecular formula is C24H31N7OS. The van der Waals surface area contributed by atoms with Crippen LogP contribution in [0.5, 0.6) is 0 Å². The van der Waals surface area contributed by atoms with E-state index < -0.39 is 0 Å². The van der Waals surface area contributed by atoms with Crippen molar-refractivity contribution in [1.29, 1.82) is 0 Å². The van der Waals surface area contributed by atoms with Gasteiger partial charge in [-0.3, -0.25) is 10.00 Å². The summed E-state index contributed by atoms with van der Waals surface area (Å²) in [5.74, 6) is 3.04. The Morgan fingerprint density at radius 2 is 1.67 bits per heavy atom. The average Bonchev–Trinajstić information content (AvgIpc) is 3.62. The molecule has 2 aromatic heterocycles. The molecule has 3 aliphatic heterocycles. The third kappa shape index (κ3) is 3.18. The van der Waals surface area contributed by atoms with Crippen molar-refractivity contribution in [3.63, 3.8) is 0 Å². The van der Waals surface area contributed by atoms with Gasteiger partial charge in [-0.2, -0.15) is 9.47 Å². The first-order valence-corrected chi connectivity index (χ1v) is 13.5. The molecule has 2 amide bonds. The van der Waals surface area contributed by atoms with Gasteiger partial charge in [0.25, 0.3) is 0 Å². The molecule has 2 spiro atoms. The predicted octanol–water partition coefficient (Wildman–Crippen LogP) is 3.13. The van der Waals surface area contributed by atoms with Crippen molar-refractivity contribution in [2.24, 2.45) is 10.8 Å². The van der Waals surface area contributed by atoms with Crippen LogP contribution in [0.15, 0.2) is 6.07 Å². The number of urea groups is 1. The van der Waals surface area contributed by atoms with Gasteiger partial charge in [0.15, 0.2) is 0 Å². The van der Waals surface area contributed by atoms with E-state index in [0.717, 1.165) is 56.6 Å². The molecule has 6 fully saturated rings. The molecule has 5 heterocycles. The number of carbonyl (C=O) groups is 1. The molecule has 3 saturated heterocycles. The maximum Gasteiger partial charge on any atom is 0.320 e. The molecule has 0 atom stereocenters. The third-order valence-corrected chi connectivity index (χ3v) is 9.67. The summed E-state index contributed by atoms with van der Waals surface area (Å²) in [4.78, 5) is 24.3. The molecule has 0 unspecified atom stereocenters. The minimum absolute atomic E-state index is 0.268. The van der Waals surface area contributed by atoms with Gasteiger partial charge < -0.3 is 9.80 Å². The summed E-state index contributed by atoms with van der Waals surface area (Å²) in [5, 5.41) is 8.96. The second-order valence-corrected chi connectivity index (χ2v) is 12.9. The van der Waals surface area contributed by atoms with E-state index in [9.17, 15) is 4.79 Å². The minimum atomic E-state index is 0.268. The summed E-state index contributed by atoms with van der Waals surface area (Å²) < 4.78 is 4.53. The molecule has 0 aromatic carbocycles. The van der Waals surface area contributed by atoms with E-state index in [1.165, 1.54) is 49.9 Å². The SMILES string of the molecule is O=C(N1CC2(CC(c3cc(C4CC4)n[nH]3)C2)C1)N1CC2(CN(Cc3nc(C4CC4)ns3)C2)C1. The summed E-state index contributed by atoms with van der Waals surface area (Å²) in [6.45, 7) is 6.85. The minimum Gasteiger partial charge on any atom is -0.323 e. The largest absolute Gasteiger partial charge is 0.323 e. The number of aromatic nitrogens is 4. The molecular weight excluding hydrogens is 434 g/mol.